The number of hydrogen-bond donors (Lipinski definition) is 0. The van der Waals surface area contributed by atoms with E-state index in [4.69, 9.17) is 14.2 Å². The molecule has 0 spiro atoms. The minimum absolute atomic E-state index is 0.0756. The lowest BCUT2D eigenvalue weighted by Gasteiger charge is -2.18. The molecular weight excluding hydrogens is 1010 g/mol. The van der Waals surface area contributed by atoms with Gasteiger partial charge in [-0.3, -0.25) is 14.4 Å². The van der Waals surface area contributed by atoms with Crippen molar-refractivity contribution >= 4 is 17.9 Å². The van der Waals surface area contributed by atoms with Crippen LogP contribution in [0.5, 0.6) is 0 Å². The molecule has 82 heavy (non-hydrogen) atoms. The van der Waals surface area contributed by atoms with Gasteiger partial charge in [0.25, 0.3) is 0 Å². The third kappa shape index (κ3) is 68.4. The highest BCUT2D eigenvalue weighted by Gasteiger charge is 2.19. The maximum Gasteiger partial charge on any atom is 0.306 e. The SMILES string of the molecule is CC/C=C\C/C=C\C/C=C\CCCCCC(=O)OCC(COC(=O)CCCCCCCCCCCCCCCCCCCCCCCCCCCC)OC(=O)CCCCCCCCCCCCCCCCCCCCCCCCCCC. The van der Waals surface area contributed by atoms with Crippen molar-refractivity contribution in [3.05, 3.63) is 36.5 Å². The number of allylic oxidation sites excluding steroid dienone is 6. The van der Waals surface area contributed by atoms with Gasteiger partial charge in [-0.1, -0.05) is 378 Å². The summed E-state index contributed by atoms with van der Waals surface area (Å²) in [5, 5.41) is 0. The molecule has 0 aromatic carbocycles. The fourth-order valence-electron chi connectivity index (χ4n) is 11.4. The number of carbonyl (C=O) groups excluding carboxylic acids is 3. The molecule has 1 atom stereocenters. The Morgan fingerprint density at radius 1 is 0.256 bits per heavy atom. The van der Waals surface area contributed by atoms with Crippen molar-refractivity contribution in [3.63, 3.8) is 0 Å². The van der Waals surface area contributed by atoms with Crippen molar-refractivity contribution in [3.8, 4) is 0 Å². The highest BCUT2D eigenvalue weighted by atomic mass is 16.6. The summed E-state index contributed by atoms with van der Waals surface area (Å²) in [6.45, 7) is 6.59. The van der Waals surface area contributed by atoms with Crippen LogP contribution in [0.1, 0.15) is 412 Å². The molecule has 0 amide bonds. The summed E-state index contributed by atoms with van der Waals surface area (Å²) >= 11 is 0. The summed E-state index contributed by atoms with van der Waals surface area (Å²) < 4.78 is 17.0. The molecule has 0 aliphatic heterocycles. The fourth-order valence-corrected chi connectivity index (χ4v) is 11.4. The van der Waals surface area contributed by atoms with Gasteiger partial charge in [-0.2, -0.15) is 0 Å². The van der Waals surface area contributed by atoms with Crippen molar-refractivity contribution in [1.82, 2.24) is 0 Å². The minimum Gasteiger partial charge on any atom is -0.462 e. The molecule has 0 saturated carbocycles. The van der Waals surface area contributed by atoms with Crippen LogP contribution in [0.3, 0.4) is 0 Å². The topological polar surface area (TPSA) is 78.9 Å². The Morgan fingerprint density at radius 2 is 0.476 bits per heavy atom. The van der Waals surface area contributed by atoms with Gasteiger partial charge >= 0.3 is 17.9 Å². The van der Waals surface area contributed by atoms with Crippen molar-refractivity contribution in [2.75, 3.05) is 13.2 Å². The zero-order chi connectivity index (χ0) is 59.2. The zero-order valence-corrected chi connectivity index (χ0v) is 55.5. The van der Waals surface area contributed by atoms with Crippen molar-refractivity contribution in [1.29, 1.82) is 0 Å². The lowest BCUT2D eigenvalue weighted by Crippen LogP contribution is -2.30. The number of hydrogen-bond acceptors (Lipinski definition) is 6. The van der Waals surface area contributed by atoms with Crippen LogP contribution in [0.4, 0.5) is 0 Å². The van der Waals surface area contributed by atoms with Gasteiger partial charge < -0.3 is 14.2 Å². The second-order valence-electron chi connectivity index (χ2n) is 25.2. The Morgan fingerprint density at radius 3 is 0.744 bits per heavy atom. The standard InChI is InChI=1S/C76H142O6/c1-4-7-10-13-16-19-22-25-27-29-31-33-35-37-39-40-42-44-46-48-51-54-57-60-63-66-69-75(78)81-72-73(71-80-74(77)68-65-62-59-56-53-50-24-21-18-15-12-9-6-3)82-76(79)70-67-64-61-58-55-52-49-47-45-43-41-38-36-34-32-30-28-26-23-20-17-14-11-8-5-2/h9,12,18,21,50,53,73H,4-8,10-11,13-17,19-20,22-49,51-52,54-72H2,1-3H3/b12-9-,21-18-,53-50-. The van der Waals surface area contributed by atoms with E-state index >= 15 is 0 Å². The van der Waals surface area contributed by atoms with E-state index in [2.05, 4.69) is 57.2 Å². The quantitative estimate of drug-likeness (QED) is 0.0261. The maximum atomic E-state index is 13.0. The number of ether oxygens (including phenoxy) is 3. The van der Waals surface area contributed by atoms with Gasteiger partial charge in [0, 0.05) is 19.3 Å². The predicted molar refractivity (Wildman–Crippen MR) is 358 cm³/mol. The van der Waals surface area contributed by atoms with Gasteiger partial charge in [0.15, 0.2) is 6.10 Å². The summed E-state index contributed by atoms with van der Waals surface area (Å²) in [7, 11) is 0. The van der Waals surface area contributed by atoms with Crippen molar-refractivity contribution < 1.29 is 28.6 Å². The van der Waals surface area contributed by atoms with Gasteiger partial charge in [-0.25, -0.2) is 0 Å². The Balaban J connectivity index is 4.19. The molecule has 6 heteroatoms. The third-order valence-corrected chi connectivity index (χ3v) is 16.9. The smallest absolute Gasteiger partial charge is 0.306 e. The molecule has 0 aliphatic rings. The van der Waals surface area contributed by atoms with Crippen molar-refractivity contribution in [2.45, 2.75) is 419 Å². The predicted octanol–water partition coefficient (Wildman–Crippen LogP) is 25.5. The van der Waals surface area contributed by atoms with Crippen molar-refractivity contribution in [2.24, 2.45) is 0 Å². The molecule has 0 heterocycles. The van der Waals surface area contributed by atoms with Gasteiger partial charge in [-0.15, -0.1) is 0 Å². The normalized spacial score (nSPS) is 12.2. The third-order valence-electron chi connectivity index (χ3n) is 16.9. The number of carbonyl (C=O) groups is 3. The molecule has 0 aliphatic carbocycles. The van der Waals surface area contributed by atoms with Crippen LogP contribution >= 0.6 is 0 Å². The molecule has 0 fully saturated rings. The molecule has 0 radical (unpaired) electrons. The first-order valence-corrected chi connectivity index (χ1v) is 37.0. The van der Waals surface area contributed by atoms with E-state index in [1.54, 1.807) is 0 Å². The van der Waals surface area contributed by atoms with Crippen LogP contribution in [0.2, 0.25) is 0 Å². The largest absolute Gasteiger partial charge is 0.462 e. The molecule has 0 bridgehead atoms. The first kappa shape index (κ1) is 79.6. The molecule has 0 aromatic heterocycles. The van der Waals surface area contributed by atoms with Crippen LogP contribution < -0.4 is 0 Å². The number of esters is 3. The van der Waals surface area contributed by atoms with Gasteiger partial charge in [0.1, 0.15) is 13.2 Å². The summed E-state index contributed by atoms with van der Waals surface area (Å²) in [4.78, 5) is 38.4. The van der Waals surface area contributed by atoms with E-state index in [0.29, 0.717) is 19.3 Å². The summed E-state index contributed by atoms with van der Waals surface area (Å²) in [5.41, 5.74) is 0. The van der Waals surface area contributed by atoms with Gasteiger partial charge in [-0.05, 0) is 51.4 Å². The molecule has 0 saturated heterocycles. The van der Waals surface area contributed by atoms with Crippen LogP contribution in [0.25, 0.3) is 0 Å². The second kappa shape index (κ2) is 71.1. The summed E-state index contributed by atoms with van der Waals surface area (Å²) in [6, 6.07) is 0. The summed E-state index contributed by atoms with van der Waals surface area (Å²) in [5.74, 6) is -0.874. The fraction of sp³-hybridized carbons (Fsp3) is 0.882. The average molecular weight is 1150 g/mol. The van der Waals surface area contributed by atoms with Crippen LogP contribution in [0.15, 0.2) is 36.5 Å². The van der Waals surface area contributed by atoms with Crippen LogP contribution in [-0.4, -0.2) is 37.2 Å². The Hall–Kier alpha value is -2.37. The molecule has 6 nitrogen and oxygen atoms in total. The van der Waals surface area contributed by atoms with E-state index in [1.165, 1.54) is 289 Å². The van der Waals surface area contributed by atoms with E-state index in [-0.39, 0.29) is 31.1 Å². The lowest BCUT2D eigenvalue weighted by molar-refractivity contribution is -0.167. The van der Waals surface area contributed by atoms with E-state index in [9.17, 15) is 14.4 Å². The van der Waals surface area contributed by atoms with Gasteiger partial charge in [0.2, 0.25) is 0 Å². The molecule has 0 N–H and O–H groups in total. The molecule has 0 rings (SSSR count). The minimum atomic E-state index is -0.782. The molecule has 1 unspecified atom stereocenters. The number of rotatable bonds is 69. The Bertz CT molecular complexity index is 1370. The van der Waals surface area contributed by atoms with Gasteiger partial charge in [0.05, 0.1) is 0 Å². The molecule has 482 valence electrons. The first-order chi connectivity index (χ1) is 40.5. The Kier molecular flexibility index (Phi) is 69.1. The van der Waals surface area contributed by atoms with Crippen LogP contribution in [-0.2, 0) is 28.6 Å². The first-order valence-electron chi connectivity index (χ1n) is 37.0. The zero-order valence-electron chi connectivity index (χ0n) is 55.5. The highest BCUT2D eigenvalue weighted by molar-refractivity contribution is 5.71. The highest BCUT2D eigenvalue weighted by Crippen LogP contribution is 2.19. The summed E-state index contributed by atoms with van der Waals surface area (Å²) in [6.07, 6.45) is 89.2. The number of unbranched alkanes of at least 4 members (excludes halogenated alkanes) is 52. The second-order valence-corrected chi connectivity index (χ2v) is 25.2. The van der Waals surface area contributed by atoms with E-state index in [1.807, 2.05) is 0 Å². The van der Waals surface area contributed by atoms with E-state index < -0.39 is 6.10 Å². The molecule has 0 aromatic rings. The van der Waals surface area contributed by atoms with Crippen LogP contribution in [0, 0.1) is 0 Å². The maximum absolute atomic E-state index is 13.0. The average Bonchev–Trinajstić information content (AvgIpc) is 3.47. The Labute approximate surface area is 512 Å². The monoisotopic (exact) mass is 1150 g/mol. The lowest BCUT2D eigenvalue weighted by atomic mass is 10.0. The van der Waals surface area contributed by atoms with E-state index in [0.717, 1.165) is 83.5 Å². The molecular formula is C76H142O6.